The van der Waals surface area contributed by atoms with Gasteiger partial charge in [0.05, 0.1) is 18.8 Å². The monoisotopic (exact) mass is 410 g/mol. The summed E-state index contributed by atoms with van der Waals surface area (Å²) in [5, 5.41) is 10.3. The maximum Gasteiger partial charge on any atom is 0.192 e. The summed E-state index contributed by atoms with van der Waals surface area (Å²) in [5.41, 5.74) is 2.08. The summed E-state index contributed by atoms with van der Waals surface area (Å²) in [7, 11) is 0. The Morgan fingerprint density at radius 1 is 1.32 bits per heavy atom. The van der Waals surface area contributed by atoms with Crippen LogP contribution in [0.1, 0.15) is 12.5 Å². The van der Waals surface area contributed by atoms with Crippen molar-refractivity contribution in [3.05, 3.63) is 42.5 Å². The van der Waals surface area contributed by atoms with Gasteiger partial charge in [-0.1, -0.05) is 18.1 Å². The fourth-order valence-electron chi connectivity index (χ4n) is 1.74. The van der Waals surface area contributed by atoms with Crippen molar-refractivity contribution in [3.8, 4) is 18.0 Å². The van der Waals surface area contributed by atoms with E-state index in [0.717, 1.165) is 23.8 Å². The summed E-state index contributed by atoms with van der Waals surface area (Å²) in [4.78, 5) is 8.40. The zero-order chi connectivity index (χ0) is 14.9. The summed E-state index contributed by atoms with van der Waals surface area (Å²) in [6.07, 6.45) is 8.41. The highest BCUT2D eigenvalue weighted by atomic mass is 127. The van der Waals surface area contributed by atoms with Gasteiger partial charge in [0.1, 0.15) is 12.7 Å². The zero-order valence-corrected chi connectivity index (χ0v) is 14.7. The Kier molecular flexibility index (Phi) is 7.99. The van der Waals surface area contributed by atoms with Gasteiger partial charge >= 0.3 is 0 Å². The molecular formula is C15H19IN6. The highest BCUT2D eigenvalue weighted by Crippen LogP contribution is 2.08. The smallest absolute Gasteiger partial charge is 0.192 e. The lowest BCUT2D eigenvalue weighted by atomic mass is 10.2. The minimum absolute atomic E-state index is 0. The normalized spacial score (nSPS) is 10.5. The fraction of sp³-hybridized carbons (Fsp3) is 0.267. The molecule has 1 aromatic heterocycles. The average molecular weight is 410 g/mol. The molecule has 0 unspecified atom stereocenters. The van der Waals surface area contributed by atoms with Crippen LogP contribution in [0.25, 0.3) is 5.69 Å². The molecule has 1 heterocycles. The maximum atomic E-state index is 5.23. The van der Waals surface area contributed by atoms with Crippen molar-refractivity contribution < 1.29 is 0 Å². The number of nitrogens with zero attached hydrogens (tertiary/aromatic N) is 4. The minimum atomic E-state index is 0. The quantitative estimate of drug-likeness (QED) is 0.340. The summed E-state index contributed by atoms with van der Waals surface area (Å²) in [6, 6.07) is 8.01. The molecule has 0 radical (unpaired) electrons. The second-order valence-corrected chi connectivity index (χ2v) is 4.26. The fourth-order valence-corrected chi connectivity index (χ4v) is 1.74. The first kappa shape index (κ1) is 18.0. The average Bonchev–Trinajstić information content (AvgIpc) is 3.05. The highest BCUT2D eigenvalue weighted by molar-refractivity contribution is 14.0. The predicted molar refractivity (Wildman–Crippen MR) is 98.4 cm³/mol. The number of halogens is 1. The van der Waals surface area contributed by atoms with Crippen LogP contribution >= 0.6 is 24.0 Å². The molecule has 0 saturated carbocycles. The van der Waals surface area contributed by atoms with Gasteiger partial charge in [-0.3, -0.25) is 0 Å². The number of rotatable bonds is 5. The molecule has 7 heteroatoms. The van der Waals surface area contributed by atoms with E-state index in [1.807, 2.05) is 31.2 Å². The van der Waals surface area contributed by atoms with Crippen LogP contribution in [0.2, 0.25) is 0 Å². The van der Waals surface area contributed by atoms with Crippen molar-refractivity contribution in [2.75, 3.05) is 13.1 Å². The molecule has 0 bridgehead atoms. The topological polar surface area (TPSA) is 67.1 Å². The number of hydrogen-bond donors (Lipinski definition) is 2. The lowest BCUT2D eigenvalue weighted by Crippen LogP contribution is -2.37. The van der Waals surface area contributed by atoms with Crippen molar-refractivity contribution in [2.24, 2.45) is 4.99 Å². The van der Waals surface area contributed by atoms with Crippen molar-refractivity contribution >= 4 is 29.9 Å². The standard InChI is InChI=1S/C15H18N6.HI/c1-3-9-18-15(17-4-2)19-10-13-5-7-14(8-6-13)21-12-16-11-20-21;/h1,5-8,11-12H,4,9-10H2,2H3,(H2,17,18,19);1H. The SMILES string of the molecule is C#CCNC(=NCc1ccc(-n2cncn2)cc1)NCC.I. The molecule has 0 aliphatic rings. The third kappa shape index (κ3) is 5.37. The van der Waals surface area contributed by atoms with Crippen molar-refractivity contribution in [1.29, 1.82) is 0 Å². The Labute approximate surface area is 147 Å². The molecule has 0 saturated heterocycles. The number of benzene rings is 1. The van der Waals surface area contributed by atoms with Gasteiger partial charge < -0.3 is 10.6 Å². The van der Waals surface area contributed by atoms with Gasteiger partial charge in [-0.05, 0) is 24.6 Å². The van der Waals surface area contributed by atoms with E-state index in [2.05, 4.69) is 31.6 Å². The van der Waals surface area contributed by atoms with E-state index in [4.69, 9.17) is 6.42 Å². The van der Waals surface area contributed by atoms with Crippen LogP contribution in [0.15, 0.2) is 41.9 Å². The molecule has 116 valence electrons. The van der Waals surface area contributed by atoms with Gasteiger partial charge in [0.15, 0.2) is 5.96 Å². The van der Waals surface area contributed by atoms with Gasteiger partial charge in [-0.2, -0.15) is 5.10 Å². The molecule has 0 fully saturated rings. The van der Waals surface area contributed by atoms with E-state index in [9.17, 15) is 0 Å². The highest BCUT2D eigenvalue weighted by Gasteiger charge is 1.99. The molecule has 0 amide bonds. The second-order valence-electron chi connectivity index (χ2n) is 4.26. The van der Waals surface area contributed by atoms with Crippen LogP contribution in [-0.2, 0) is 6.54 Å². The first-order valence-corrected chi connectivity index (χ1v) is 6.73. The Morgan fingerprint density at radius 2 is 2.09 bits per heavy atom. The molecule has 0 aliphatic carbocycles. The molecule has 0 atom stereocenters. The Morgan fingerprint density at radius 3 is 2.68 bits per heavy atom. The van der Waals surface area contributed by atoms with Gasteiger partial charge in [0.2, 0.25) is 0 Å². The lowest BCUT2D eigenvalue weighted by molar-refractivity contribution is 0.862. The first-order valence-electron chi connectivity index (χ1n) is 6.73. The molecule has 2 N–H and O–H groups in total. The number of terminal acetylenes is 1. The number of aromatic nitrogens is 3. The van der Waals surface area contributed by atoms with Crippen LogP contribution in [0.5, 0.6) is 0 Å². The summed E-state index contributed by atoms with van der Waals surface area (Å²) < 4.78 is 1.71. The van der Waals surface area contributed by atoms with Crippen molar-refractivity contribution in [3.63, 3.8) is 0 Å². The van der Waals surface area contributed by atoms with Crippen molar-refractivity contribution in [1.82, 2.24) is 25.4 Å². The van der Waals surface area contributed by atoms with E-state index >= 15 is 0 Å². The molecule has 2 aromatic rings. The molecule has 1 aromatic carbocycles. The van der Waals surface area contributed by atoms with Gasteiger partial charge in [0.25, 0.3) is 0 Å². The second kappa shape index (κ2) is 9.78. The Balaban J connectivity index is 0.00000242. The number of aliphatic imine (C=N–C) groups is 1. The van der Waals surface area contributed by atoms with E-state index in [0.29, 0.717) is 13.1 Å². The molecule has 22 heavy (non-hydrogen) atoms. The maximum absolute atomic E-state index is 5.23. The summed E-state index contributed by atoms with van der Waals surface area (Å²) in [6.45, 7) is 3.84. The number of nitrogens with one attached hydrogen (secondary N) is 2. The van der Waals surface area contributed by atoms with Crippen molar-refractivity contribution in [2.45, 2.75) is 13.5 Å². The van der Waals surface area contributed by atoms with Crippen LogP contribution < -0.4 is 10.6 Å². The molecule has 2 rings (SSSR count). The van der Waals surface area contributed by atoms with Crippen LogP contribution in [0.4, 0.5) is 0 Å². The molecular weight excluding hydrogens is 391 g/mol. The lowest BCUT2D eigenvalue weighted by Gasteiger charge is -2.09. The number of hydrogen-bond acceptors (Lipinski definition) is 3. The van der Waals surface area contributed by atoms with Gasteiger partial charge in [-0.25, -0.2) is 14.7 Å². The zero-order valence-electron chi connectivity index (χ0n) is 12.4. The third-order valence-corrected chi connectivity index (χ3v) is 2.74. The Hall–Kier alpha value is -2.08. The van der Waals surface area contributed by atoms with Crippen LogP contribution in [0, 0.1) is 12.3 Å². The Bertz CT molecular complexity index is 612. The summed E-state index contributed by atoms with van der Waals surface area (Å²) in [5.74, 6) is 3.25. The number of guanidine groups is 1. The van der Waals surface area contributed by atoms with Crippen LogP contribution in [-0.4, -0.2) is 33.8 Å². The van der Waals surface area contributed by atoms with Gasteiger partial charge in [0, 0.05) is 6.54 Å². The van der Waals surface area contributed by atoms with E-state index in [-0.39, 0.29) is 24.0 Å². The first-order chi connectivity index (χ1) is 10.3. The molecule has 0 aliphatic heterocycles. The largest absolute Gasteiger partial charge is 0.357 e. The summed E-state index contributed by atoms with van der Waals surface area (Å²) >= 11 is 0. The minimum Gasteiger partial charge on any atom is -0.357 e. The van der Waals surface area contributed by atoms with Crippen LogP contribution in [0.3, 0.4) is 0 Å². The molecule has 6 nitrogen and oxygen atoms in total. The van der Waals surface area contributed by atoms with E-state index in [1.54, 1.807) is 11.0 Å². The third-order valence-electron chi connectivity index (χ3n) is 2.74. The van der Waals surface area contributed by atoms with E-state index in [1.165, 1.54) is 6.33 Å². The van der Waals surface area contributed by atoms with Gasteiger partial charge in [-0.15, -0.1) is 30.4 Å². The predicted octanol–water partition coefficient (Wildman–Crippen LogP) is 1.57. The molecule has 0 spiro atoms. The van der Waals surface area contributed by atoms with E-state index < -0.39 is 0 Å².